The van der Waals surface area contributed by atoms with Crippen LogP contribution >= 0.6 is 0 Å². The van der Waals surface area contributed by atoms with E-state index in [0.717, 1.165) is 29.8 Å². The van der Waals surface area contributed by atoms with Crippen molar-refractivity contribution in [3.05, 3.63) is 72.3 Å². The van der Waals surface area contributed by atoms with Crippen molar-refractivity contribution in [2.75, 3.05) is 29.9 Å². The number of nitrogens with zero attached hydrogens (tertiary/aromatic N) is 3. The van der Waals surface area contributed by atoms with Gasteiger partial charge in [0.1, 0.15) is 5.75 Å². The van der Waals surface area contributed by atoms with Gasteiger partial charge >= 0.3 is 0 Å². The Balaban J connectivity index is 1.23. The zero-order valence-corrected chi connectivity index (χ0v) is 20.6. The lowest BCUT2D eigenvalue weighted by Gasteiger charge is -2.17. The minimum absolute atomic E-state index is 0.0878. The van der Waals surface area contributed by atoms with Gasteiger partial charge in [0.15, 0.2) is 6.61 Å². The maximum absolute atomic E-state index is 12.6. The quantitative estimate of drug-likeness (QED) is 0.426. The highest BCUT2D eigenvalue weighted by atomic mass is 16.5. The summed E-state index contributed by atoms with van der Waals surface area (Å²) in [6, 6.07) is 12.8. The molecule has 3 amide bonds. The Bertz CT molecular complexity index is 1190. The van der Waals surface area contributed by atoms with Gasteiger partial charge in [0.25, 0.3) is 5.91 Å². The lowest BCUT2D eigenvalue weighted by atomic mass is 10.1. The third-order valence-corrected chi connectivity index (χ3v) is 6.21. The summed E-state index contributed by atoms with van der Waals surface area (Å²) in [6.07, 6.45) is 6.32. The molecule has 188 valence electrons. The van der Waals surface area contributed by atoms with Crippen LogP contribution in [0.15, 0.2) is 61.2 Å². The summed E-state index contributed by atoms with van der Waals surface area (Å²) in [7, 11) is 0. The highest BCUT2D eigenvalue weighted by molar-refractivity contribution is 6.00. The van der Waals surface area contributed by atoms with Gasteiger partial charge in [-0.15, -0.1) is 0 Å². The van der Waals surface area contributed by atoms with Gasteiger partial charge in [0.2, 0.25) is 11.8 Å². The summed E-state index contributed by atoms with van der Waals surface area (Å²) >= 11 is 0. The number of ether oxygens (including phenoxy) is 1. The summed E-state index contributed by atoms with van der Waals surface area (Å²) < 4.78 is 7.58. The maximum atomic E-state index is 12.6. The lowest BCUT2D eigenvalue weighted by Crippen LogP contribution is -2.33. The van der Waals surface area contributed by atoms with E-state index in [1.54, 1.807) is 41.7 Å². The molecule has 36 heavy (non-hydrogen) atoms. The number of aromatic nitrogens is 2. The molecular weight excluding hydrogens is 458 g/mol. The van der Waals surface area contributed by atoms with Crippen LogP contribution in [0.5, 0.6) is 5.75 Å². The normalized spacial score (nSPS) is 15.1. The molecule has 0 spiro atoms. The Labute approximate surface area is 210 Å². The first-order chi connectivity index (χ1) is 17.4. The van der Waals surface area contributed by atoms with Gasteiger partial charge in [-0.1, -0.05) is 18.2 Å². The monoisotopic (exact) mass is 489 g/mol. The number of benzene rings is 2. The van der Waals surface area contributed by atoms with Crippen LogP contribution in [-0.4, -0.2) is 47.0 Å². The van der Waals surface area contributed by atoms with Crippen LogP contribution in [0.2, 0.25) is 0 Å². The number of carbonyl (C=O) groups is 3. The van der Waals surface area contributed by atoms with Gasteiger partial charge in [0.05, 0.1) is 12.2 Å². The van der Waals surface area contributed by atoms with Crippen LogP contribution in [0.3, 0.4) is 0 Å². The second-order valence-corrected chi connectivity index (χ2v) is 8.95. The fourth-order valence-corrected chi connectivity index (χ4v) is 4.23. The Morgan fingerprint density at radius 2 is 1.86 bits per heavy atom. The van der Waals surface area contributed by atoms with Crippen molar-refractivity contribution in [3.63, 3.8) is 0 Å². The highest BCUT2D eigenvalue weighted by Crippen LogP contribution is 2.27. The molecule has 0 unspecified atom stereocenters. The molecule has 0 saturated carbocycles. The molecule has 3 aromatic rings. The van der Waals surface area contributed by atoms with Gasteiger partial charge in [-0.2, -0.15) is 0 Å². The summed E-state index contributed by atoms with van der Waals surface area (Å²) in [4.78, 5) is 43.0. The van der Waals surface area contributed by atoms with Crippen LogP contribution in [0, 0.1) is 19.8 Å². The van der Waals surface area contributed by atoms with E-state index in [2.05, 4.69) is 15.6 Å². The van der Waals surface area contributed by atoms with Gasteiger partial charge in [0, 0.05) is 49.8 Å². The second kappa shape index (κ2) is 11.5. The van der Waals surface area contributed by atoms with E-state index in [4.69, 9.17) is 4.74 Å². The number of para-hydroxylation sites is 1. The first-order valence-electron chi connectivity index (χ1n) is 12.0. The number of hydrogen-bond donors (Lipinski definition) is 2. The number of anilines is 2. The number of rotatable bonds is 10. The Kier molecular flexibility index (Phi) is 7.99. The third-order valence-electron chi connectivity index (χ3n) is 6.21. The third kappa shape index (κ3) is 6.29. The van der Waals surface area contributed by atoms with Crippen molar-refractivity contribution < 1.29 is 19.1 Å². The molecule has 1 atom stereocenters. The van der Waals surface area contributed by atoms with Crippen molar-refractivity contribution in [2.24, 2.45) is 5.92 Å². The predicted octanol–water partition coefficient (Wildman–Crippen LogP) is 3.08. The van der Waals surface area contributed by atoms with Crippen molar-refractivity contribution in [1.82, 2.24) is 14.9 Å². The number of imidazole rings is 1. The van der Waals surface area contributed by atoms with Crippen LogP contribution in [-0.2, 0) is 20.9 Å². The summed E-state index contributed by atoms with van der Waals surface area (Å²) in [6.45, 7) is 5.42. The summed E-state index contributed by atoms with van der Waals surface area (Å²) in [5.74, 6) is -0.295. The van der Waals surface area contributed by atoms with Gasteiger partial charge in [-0.3, -0.25) is 14.4 Å². The van der Waals surface area contributed by atoms with E-state index < -0.39 is 0 Å². The Hall–Kier alpha value is -4.14. The van der Waals surface area contributed by atoms with Crippen molar-refractivity contribution >= 4 is 29.1 Å². The molecule has 1 fully saturated rings. The molecule has 2 N–H and O–H groups in total. The maximum Gasteiger partial charge on any atom is 0.262 e. The first kappa shape index (κ1) is 25.0. The molecule has 1 aliphatic rings. The smallest absolute Gasteiger partial charge is 0.262 e. The SMILES string of the molecule is Cc1cccc(C)c1NC(=O)COc1ccc(N2C[C@H](C(=O)NCCCn3ccnc3)CC2=O)cc1. The standard InChI is InChI=1S/C27H31N5O4/c1-19-5-3-6-20(2)26(19)30-24(33)17-36-23-9-7-22(8-10-23)32-16-21(15-25(32)34)27(35)29-11-4-13-31-14-12-28-18-31/h3,5-10,12,14,18,21H,4,11,13,15-17H2,1-2H3,(H,29,35)(H,30,33)/t21-/m1/s1. The summed E-state index contributed by atoms with van der Waals surface area (Å²) in [5, 5.41) is 5.82. The molecule has 0 radical (unpaired) electrons. The minimum atomic E-state index is -0.379. The van der Waals surface area contributed by atoms with E-state index in [-0.39, 0.29) is 36.7 Å². The number of carbonyl (C=O) groups excluding carboxylic acids is 3. The number of nitrogens with one attached hydrogen (secondary N) is 2. The van der Waals surface area contributed by atoms with Crippen molar-refractivity contribution in [2.45, 2.75) is 33.2 Å². The van der Waals surface area contributed by atoms with Crippen molar-refractivity contribution in [1.29, 1.82) is 0 Å². The molecule has 2 heterocycles. The van der Waals surface area contributed by atoms with Crippen LogP contribution in [0.25, 0.3) is 0 Å². The van der Waals surface area contributed by atoms with E-state index >= 15 is 0 Å². The molecule has 4 rings (SSSR count). The zero-order valence-electron chi connectivity index (χ0n) is 20.6. The first-order valence-corrected chi connectivity index (χ1v) is 12.0. The minimum Gasteiger partial charge on any atom is -0.484 e. The van der Waals surface area contributed by atoms with Crippen LogP contribution in [0.1, 0.15) is 24.0 Å². The average molecular weight is 490 g/mol. The number of hydrogen-bond acceptors (Lipinski definition) is 5. The molecule has 1 aromatic heterocycles. The van der Waals surface area contributed by atoms with E-state index in [0.29, 0.717) is 24.5 Å². The van der Waals surface area contributed by atoms with Gasteiger partial charge < -0.3 is 24.8 Å². The molecule has 0 aliphatic carbocycles. The molecule has 1 aliphatic heterocycles. The van der Waals surface area contributed by atoms with E-state index in [9.17, 15) is 14.4 Å². The zero-order chi connectivity index (χ0) is 25.5. The van der Waals surface area contributed by atoms with E-state index in [1.807, 2.05) is 42.8 Å². The van der Waals surface area contributed by atoms with Gasteiger partial charge in [-0.25, -0.2) is 4.98 Å². The average Bonchev–Trinajstić information content (AvgIpc) is 3.53. The van der Waals surface area contributed by atoms with Crippen LogP contribution < -0.4 is 20.3 Å². The Morgan fingerprint density at radius 1 is 1.11 bits per heavy atom. The molecule has 9 heteroatoms. The number of amides is 3. The largest absolute Gasteiger partial charge is 0.484 e. The van der Waals surface area contributed by atoms with Crippen LogP contribution in [0.4, 0.5) is 11.4 Å². The van der Waals surface area contributed by atoms with Gasteiger partial charge in [-0.05, 0) is 55.7 Å². The molecular formula is C27H31N5O4. The topological polar surface area (TPSA) is 106 Å². The van der Waals surface area contributed by atoms with Crippen molar-refractivity contribution in [3.8, 4) is 5.75 Å². The van der Waals surface area contributed by atoms with E-state index in [1.165, 1.54) is 0 Å². The molecule has 0 bridgehead atoms. The Morgan fingerprint density at radius 3 is 2.56 bits per heavy atom. The highest BCUT2D eigenvalue weighted by Gasteiger charge is 2.34. The fourth-order valence-electron chi connectivity index (χ4n) is 4.23. The fraction of sp³-hybridized carbons (Fsp3) is 0.333. The molecule has 1 saturated heterocycles. The second-order valence-electron chi connectivity index (χ2n) is 8.95. The molecule has 9 nitrogen and oxygen atoms in total. The predicted molar refractivity (Wildman–Crippen MR) is 137 cm³/mol. The lowest BCUT2D eigenvalue weighted by molar-refractivity contribution is -0.126. The molecule has 2 aromatic carbocycles. The number of aryl methyl sites for hydroxylation is 3. The summed E-state index contributed by atoms with van der Waals surface area (Å²) in [5.41, 5.74) is 3.47.